The van der Waals surface area contributed by atoms with E-state index in [1.165, 1.54) is 6.26 Å². The maximum Gasteiger partial charge on any atom is 0.199 e. The number of aliphatic hydroxyl groups excluding tert-OH is 1. The fourth-order valence-electron chi connectivity index (χ4n) is 0.941. The van der Waals surface area contributed by atoms with Crippen molar-refractivity contribution in [2.45, 2.75) is 25.6 Å². The Balaban J connectivity index is 2.13. The Hall–Kier alpha value is -0.700. The van der Waals surface area contributed by atoms with E-state index in [9.17, 15) is 0 Å². The Kier molecular flexibility index (Phi) is 3.09. The largest absolute Gasteiger partial charge is 0.512 e. The first-order valence-corrected chi connectivity index (χ1v) is 3.50. The Labute approximate surface area is 60.3 Å². The van der Waals surface area contributed by atoms with Crippen molar-refractivity contribution in [3.05, 3.63) is 12.5 Å². The number of ether oxygens (including phenoxy) is 2. The van der Waals surface area contributed by atoms with E-state index >= 15 is 0 Å². The highest BCUT2D eigenvalue weighted by atomic mass is 16.7. The summed E-state index contributed by atoms with van der Waals surface area (Å²) in [4.78, 5) is 0. The Morgan fingerprint density at radius 2 is 2.40 bits per heavy atom. The lowest BCUT2D eigenvalue weighted by molar-refractivity contribution is -0.130. The van der Waals surface area contributed by atoms with Gasteiger partial charge < -0.3 is 14.6 Å². The molecule has 0 aromatic rings. The van der Waals surface area contributed by atoms with Gasteiger partial charge in [-0.05, 0) is 12.8 Å². The van der Waals surface area contributed by atoms with Gasteiger partial charge in [0.15, 0.2) is 6.29 Å². The molecule has 0 aliphatic carbocycles. The summed E-state index contributed by atoms with van der Waals surface area (Å²) >= 11 is 0. The molecule has 1 unspecified atom stereocenters. The average Bonchev–Trinajstić information content (AvgIpc) is 2.03. The lowest BCUT2D eigenvalue weighted by Gasteiger charge is -2.21. The molecule has 1 saturated heterocycles. The summed E-state index contributed by atoms with van der Waals surface area (Å²) in [5, 5.41) is 8.24. The van der Waals surface area contributed by atoms with Crippen LogP contribution in [0.1, 0.15) is 19.3 Å². The predicted octanol–water partition coefficient (Wildman–Crippen LogP) is 1.56. The van der Waals surface area contributed by atoms with Crippen LogP contribution >= 0.6 is 0 Å². The molecule has 58 valence electrons. The summed E-state index contributed by atoms with van der Waals surface area (Å²) in [6.45, 7) is 0.768. The Morgan fingerprint density at radius 1 is 1.50 bits per heavy atom. The zero-order valence-corrected chi connectivity index (χ0v) is 5.82. The molecule has 3 nitrogen and oxygen atoms in total. The standard InChI is InChI=1S/C7H12O3/c8-4-6-10-7-3-1-2-5-9-7/h4,6-8H,1-3,5H2/b6-4-. The molecular formula is C7H12O3. The van der Waals surface area contributed by atoms with Crippen molar-refractivity contribution in [1.82, 2.24) is 0 Å². The van der Waals surface area contributed by atoms with E-state index in [-0.39, 0.29) is 6.29 Å². The predicted molar refractivity (Wildman–Crippen MR) is 36.4 cm³/mol. The molecule has 1 heterocycles. The SMILES string of the molecule is O/C=C\OC1CCCCO1. The molecule has 0 radical (unpaired) electrons. The summed E-state index contributed by atoms with van der Waals surface area (Å²) in [5.41, 5.74) is 0. The van der Waals surface area contributed by atoms with Crippen molar-refractivity contribution < 1.29 is 14.6 Å². The van der Waals surface area contributed by atoms with Gasteiger partial charge in [-0.3, -0.25) is 0 Å². The number of aliphatic hydroxyl groups is 1. The molecule has 0 aromatic heterocycles. The molecule has 0 aromatic carbocycles. The monoisotopic (exact) mass is 144 g/mol. The van der Waals surface area contributed by atoms with Gasteiger partial charge in [-0.1, -0.05) is 0 Å². The summed E-state index contributed by atoms with van der Waals surface area (Å²) in [7, 11) is 0. The molecule has 10 heavy (non-hydrogen) atoms. The van der Waals surface area contributed by atoms with Gasteiger partial charge in [0.1, 0.15) is 12.5 Å². The molecule has 1 N–H and O–H groups in total. The van der Waals surface area contributed by atoms with Gasteiger partial charge in [-0.15, -0.1) is 0 Å². The van der Waals surface area contributed by atoms with Gasteiger partial charge >= 0.3 is 0 Å². The highest BCUT2D eigenvalue weighted by Crippen LogP contribution is 2.13. The fraction of sp³-hybridized carbons (Fsp3) is 0.714. The second kappa shape index (κ2) is 4.17. The van der Waals surface area contributed by atoms with Crippen LogP contribution in [-0.2, 0) is 9.47 Å². The van der Waals surface area contributed by atoms with Crippen LogP contribution in [-0.4, -0.2) is 18.0 Å². The first kappa shape index (κ1) is 7.41. The van der Waals surface area contributed by atoms with E-state index in [0.29, 0.717) is 0 Å². The quantitative estimate of drug-likeness (QED) is 0.598. The topological polar surface area (TPSA) is 38.7 Å². The first-order valence-electron chi connectivity index (χ1n) is 3.50. The molecule has 0 saturated carbocycles. The minimum absolute atomic E-state index is 0.142. The maximum atomic E-state index is 8.24. The summed E-state index contributed by atoms with van der Waals surface area (Å²) in [6.07, 6.45) is 5.16. The Bertz CT molecular complexity index is 105. The number of hydrogen-bond donors (Lipinski definition) is 1. The zero-order chi connectivity index (χ0) is 7.23. The van der Waals surface area contributed by atoms with Crippen molar-refractivity contribution in [2.75, 3.05) is 6.61 Å². The lowest BCUT2D eigenvalue weighted by atomic mass is 10.2. The average molecular weight is 144 g/mol. The second-order valence-corrected chi connectivity index (χ2v) is 2.22. The van der Waals surface area contributed by atoms with Gasteiger partial charge in [0.2, 0.25) is 0 Å². The summed E-state index contributed by atoms with van der Waals surface area (Å²) in [5.74, 6) is 0. The van der Waals surface area contributed by atoms with Gasteiger partial charge in [0.05, 0.1) is 6.61 Å². The molecule has 1 atom stereocenters. The second-order valence-electron chi connectivity index (χ2n) is 2.22. The maximum absolute atomic E-state index is 8.24. The van der Waals surface area contributed by atoms with Crippen LogP contribution in [0.15, 0.2) is 12.5 Å². The van der Waals surface area contributed by atoms with Crippen LogP contribution in [0.5, 0.6) is 0 Å². The van der Waals surface area contributed by atoms with Crippen LogP contribution < -0.4 is 0 Å². The molecule has 0 spiro atoms. The van der Waals surface area contributed by atoms with E-state index in [0.717, 1.165) is 32.1 Å². The van der Waals surface area contributed by atoms with Gasteiger partial charge in [-0.2, -0.15) is 0 Å². The van der Waals surface area contributed by atoms with E-state index in [1.54, 1.807) is 0 Å². The van der Waals surface area contributed by atoms with E-state index in [2.05, 4.69) is 0 Å². The van der Waals surface area contributed by atoms with Crippen LogP contribution in [0.25, 0.3) is 0 Å². The third-order valence-electron chi connectivity index (χ3n) is 1.43. The van der Waals surface area contributed by atoms with E-state index in [1.807, 2.05) is 0 Å². The molecular weight excluding hydrogens is 132 g/mol. The molecule has 1 aliphatic heterocycles. The summed E-state index contributed by atoms with van der Waals surface area (Å²) in [6, 6.07) is 0. The minimum atomic E-state index is -0.142. The zero-order valence-electron chi connectivity index (χ0n) is 5.82. The molecule has 0 amide bonds. The van der Waals surface area contributed by atoms with Crippen LogP contribution in [0.3, 0.4) is 0 Å². The van der Waals surface area contributed by atoms with Crippen molar-refractivity contribution in [3.63, 3.8) is 0 Å². The minimum Gasteiger partial charge on any atom is -0.512 e. The van der Waals surface area contributed by atoms with Crippen LogP contribution in [0.4, 0.5) is 0 Å². The van der Waals surface area contributed by atoms with Gasteiger partial charge in [0.25, 0.3) is 0 Å². The van der Waals surface area contributed by atoms with Gasteiger partial charge in [-0.25, -0.2) is 0 Å². The third kappa shape index (κ3) is 2.27. The molecule has 1 rings (SSSR count). The smallest absolute Gasteiger partial charge is 0.199 e. The molecule has 3 heteroatoms. The molecule has 1 fully saturated rings. The molecule has 0 bridgehead atoms. The normalized spacial score (nSPS) is 27.0. The number of hydrogen-bond acceptors (Lipinski definition) is 3. The van der Waals surface area contributed by atoms with Crippen molar-refractivity contribution in [2.24, 2.45) is 0 Å². The highest BCUT2D eigenvalue weighted by Gasteiger charge is 2.12. The highest BCUT2D eigenvalue weighted by molar-refractivity contribution is 4.61. The fourth-order valence-corrected chi connectivity index (χ4v) is 0.941. The van der Waals surface area contributed by atoms with Crippen LogP contribution in [0, 0.1) is 0 Å². The first-order chi connectivity index (χ1) is 4.93. The van der Waals surface area contributed by atoms with E-state index < -0.39 is 0 Å². The Morgan fingerprint density at radius 3 is 3.00 bits per heavy atom. The third-order valence-corrected chi connectivity index (χ3v) is 1.43. The lowest BCUT2D eigenvalue weighted by Crippen LogP contribution is -2.19. The van der Waals surface area contributed by atoms with Crippen molar-refractivity contribution in [3.8, 4) is 0 Å². The van der Waals surface area contributed by atoms with Crippen LogP contribution in [0.2, 0.25) is 0 Å². The van der Waals surface area contributed by atoms with E-state index in [4.69, 9.17) is 14.6 Å². The number of rotatable bonds is 2. The van der Waals surface area contributed by atoms with Crippen molar-refractivity contribution in [1.29, 1.82) is 0 Å². The van der Waals surface area contributed by atoms with Crippen molar-refractivity contribution >= 4 is 0 Å². The van der Waals surface area contributed by atoms with Gasteiger partial charge in [0, 0.05) is 6.42 Å². The summed E-state index contributed by atoms with van der Waals surface area (Å²) < 4.78 is 10.2. The molecule has 1 aliphatic rings.